The van der Waals surface area contributed by atoms with Crippen molar-refractivity contribution < 1.29 is 33.0 Å². The van der Waals surface area contributed by atoms with Crippen molar-refractivity contribution in [2.45, 2.75) is 19.9 Å². The number of methoxy groups -OCH3 is 1. The van der Waals surface area contributed by atoms with Crippen LogP contribution in [0.5, 0.6) is 17.2 Å². The highest BCUT2D eigenvalue weighted by molar-refractivity contribution is 5.80. The van der Waals surface area contributed by atoms with Crippen LogP contribution in [0, 0.1) is 6.92 Å². The van der Waals surface area contributed by atoms with Crippen molar-refractivity contribution in [3.8, 4) is 17.2 Å². The fraction of sp³-hybridized carbons (Fsp3) is 0.217. The maximum absolute atomic E-state index is 12.6. The van der Waals surface area contributed by atoms with E-state index in [1.165, 1.54) is 13.2 Å². The van der Waals surface area contributed by atoms with Crippen LogP contribution in [0.25, 0.3) is 0 Å². The number of ether oxygens (including phenoxy) is 4. The minimum absolute atomic E-state index is 0.157. The average molecular weight is 425 g/mol. The number of benzene rings is 2. The molecule has 0 aliphatic rings. The number of aryl methyl sites for hydroxylation is 1. The molecule has 8 heteroatoms. The van der Waals surface area contributed by atoms with Gasteiger partial charge in [0.15, 0.2) is 11.8 Å². The fourth-order valence-corrected chi connectivity index (χ4v) is 2.74. The lowest BCUT2D eigenvalue weighted by Gasteiger charge is -2.16. The maximum Gasteiger partial charge on any atom is 0.513 e. The molecule has 1 aromatic heterocycles. The minimum atomic E-state index is -0.950. The van der Waals surface area contributed by atoms with Gasteiger partial charge in [0.25, 0.3) is 0 Å². The zero-order chi connectivity index (χ0) is 22.2. The standard InChI is InChI=1S/C23H23NO7/c1-4-28-22(25)21(20-14-19(15(2)29-20)31-23(26)27-3)24-16-10-12-18(13-11-16)30-17-8-6-5-7-9-17/h5-14,21,24H,4H2,1-3H3. The van der Waals surface area contributed by atoms with Gasteiger partial charge in [-0.05, 0) is 50.2 Å². The first-order valence-electron chi connectivity index (χ1n) is 9.62. The molecule has 0 fully saturated rings. The quantitative estimate of drug-likeness (QED) is 0.489. The summed E-state index contributed by atoms with van der Waals surface area (Å²) < 4.78 is 26.1. The van der Waals surface area contributed by atoms with Crippen molar-refractivity contribution in [1.82, 2.24) is 0 Å². The number of hydrogen-bond acceptors (Lipinski definition) is 8. The molecule has 1 atom stereocenters. The number of rotatable bonds is 8. The van der Waals surface area contributed by atoms with Crippen molar-refractivity contribution in [2.24, 2.45) is 0 Å². The molecule has 8 nitrogen and oxygen atoms in total. The van der Waals surface area contributed by atoms with Crippen LogP contribution < -0.4 is 14.8 Å². The summed E-state index contributed by atoms with van der Waals surface area (Å²) in [5.41, 5.74) is 0.642. The topological polar surface area (TPSA) is 96.2 Å². The lowest BCUT2D eigenvalue weighted by Crippen LogP contribution is -2.23. The first-order valence-corrected chi connectivity index (χ1v) is 9.62. The highest BCUT2D eigenvalue weighted by Crippen LogP contribution is 2.31. The monoisotopic (exact) mass is 425 g/mol. The number of carbonyl (C=O) groups is 2. The molecule has 0 aliphatic heterocycles. The van der Waals surface area contributed by atoms with Crippen LogP contribution in [-0.2, 0) is 14.3 Å². The SMILES string of the molecule is CCOC(=O)C(Nc1ccc(Oc2ccccc2)cc1)c1cc(OC(=O)OC)c(C)o1. The van der Waals surface area contributed by atoms with Crippen LogP contribution in [0.4, 0.5) is 10.5 Å². The average Bonchev–Trinajstić information content (AvgIpc) is 3.13. The molecule has 1 unspecified atom stereocenters. The number of furan rings is 1. The molecular formula is C23H23NO7. The van der Waals surface area contributed by atoms with Gasteiger partial charge in [-0.1, -0.05) is 18.2 Å². The van der Waals surface area contributed by atoms with Gasteiger partial charge in [0.1, 0.15) is 23.0 Å². The van der Waals surface area contributed by atoms with E-state index in [0.29, 0.717) is 17.2 Å². The largest absolute Gasteiger partial charge is 0.513 e. The third-order valence-corrected chi connectivity index (χ3v) is 4.20. The lowest BCUT2D eigenvalue weighted by molar-refractivity contribution is -0.144. The van der Waals surface area contributed by atoms with Crippen LogP contribution in [0.15, 0.2) is 65.1 Å². The van der Waals surface area contributed by atoms with Crippen LogP contribution in [0.3, 0.4) is 0 Å². The number of hydrogen-bond donors (Lipinski definition) is 1. The van der Waals surface area contributed by atoms with E-state index < -0.39 is 18.2 Å². The Hall–Kier alpha value is -3.94. The van der Waals surface area contributed by atoms with Crippen molar-refractivity contribution >= 4 is 17.8 Å². The third-order valence-electron chi connectivity index (χ3n) is 4.20. The number of esters is 1. The zero-order valence-corrected chi connectivity index (χ0v) is 17.4. The van der Waals surface area contributed by atoms with Gasteiger partial charge in [0.2, 0.25) is 0 Å². The molecule has 0 radical (unpaired) electrons. The van der Waals surface area contributed by atoms with Gasteiger partial charge in [-0.25, -0.2) is 9.59 Å². The van der Waals surface area contributed by atoms with Crippen molar-refractivity contribution in [3.05, 3.63) is 72.2 Å². The second-order valence-electron chi connectivity index (χ2n) is 6.39. The van der Waals surface area contributed by atoms with E-state index >= 15 is 0 Å². The minimum Gasteiger partial charge on any atom is -0.464 e. The van der Waals surface area contributed by atoms with Gasteiger partial charge in [0, 0.05) is 11.8 Å². The van der Waals surface area contributed by atoms with Gasteiger partial charge in [-0.15, -0.1) is 0 Å². The Bertz CT molecular complexity index is 1010. The van der Waals surface area contributed by atoms with E-state index in [1.807, 2.05) is 30.3 Å². The molecule has 0 amide bonds. The van der Waals surface area contributed by atoms with E-state index in [4.69, 9.17) is 18.6 Å². The first-order chi connectivity index (χ1) is 15.0. The third kappa shape index (κ3) is 5.79. The fourth-order valence-electron chi connectivity index (χ4n) is 2.74. The van der Waals surface area contributed by atoms with Gasteiger partial charge in [-0.3, -0.25) is 0 Å². The highest BCUT2D eigenvalue weighted by atomic mass is 16.7. The predicted molar refractivity (Wildman–Crippen MR) is 112 cm³/mol. The normalized spacial score (nSPS) is 11.3. The van der Waals surface area contributed by atoms with Gasteiger partial charge in [0.05, 0.1) is 13.7 Å². The number of carbonyl (C=O) groups excluding carboxylic acids is 2. The molecule has 3 aromatic rings. The van der Waals surface area contributed by atoms with Crippen LogP contribution in [0.1, 0.15) is 24.5 Å². The van der Waals surface area contributed by atoms with Crippen LogP contribution in [0.2, 0.25) is 0 Å². The second kappa shape index (κ2) is 10.2. The number of nitrogens with one attached hydrogen (secondary N) is 1. The molecule has 1 heterocycles. The summed E-state index contributed by atoms with van der Waals surface area (Å²) in [5.74, 6) is 1.54. The molecule has 0 saturated carbocycles. The molecule has 1 N–H and O–H groups in total. The molecule has 0 saturated heterocycles. The van der Waals surface area contributed by atoms with E-state index in [1.54, 1.807) is 38.1 Å². The molecule has 162 valence electrons. The van der Waals surface area contributed by atoms with Crippen LogP contribution >= 0.6 is 0 Å². The van der Waals surface area contributed by atoms with Crippen molar-refractivity contribution in [3.63, 3.8) is 0 Å². The zero-order valence-electron chi connectivity index (χ0n) is 17.4. The lowest BCUT2D eigenvalue weighted by atomic mass is 10.2. The van der Waals surface area contributed by atoms with Gasteiger partial charge >= 0.3 is 12.1 Å². The van der Waals surface area contributed by atoms with Crippen LogP contribution in [-0.4, -0.2) is 25.8 Å². The van der Waals surface area contributed by atoms with Gasteiger partial charge in [-0.2, -0.15) is 0 Å². The first kappa shape index (κ1) is 21.8. The van der Waals surface area contributed by atoms with E-state index in [9.17, 15) is 9.59 Å². The summed E-state index contributed by atoms with van der Waals surface area (Å²) in [6.45, 7) is 3.52. The Labute approximate surface area is 179 Å². The smallest absolute Gasteiger partial charge is 0.464 e. The summed E-state index contributed by atoms with van der Waals surface area (Å²) in [7, 11) is 1.20. The molecular weight excluding hydrogens is 402 g/mol. The van der Waals surface area contributed by atoms with Gasteiger partial charge < -0.3 is 28.7 Å². The molecule has 0 bridgehead atoms. The summed E-state index contributed by atoms with van der Waals surface area (Å²) in [6, 6.07) is 17.0. The predicted octanol–water partition coefficient (Wildman–Crippen LogP) is 5.24. The Morgan fingerprint density at radius 3 is 2.35 bits per heavy atom. The second-order valence-corrected chi connectivity index (χ2v) is 6.39. The number of para-hydroxylation sites is 1. The molecule has 0 aliphatic carbocycles. The van der Waals surface area contributed by atoms with E-state index in [0.717, 1.165) is 5.75 Å². The number of anilines is 1. The Morgan fingerprint density at radius 1 is 1.03 bits per heavy atom. The Balaban J connectivity index is 1.78. The van der Waals surface area contributed by atoms with E-state index in [2.05, 4.69) is 10.1 Å². The van der Waals surface area contributed by atoms with E-state index in [-0.39, 0.29) is 18.1 Å². The summed E-state index contributed by atoms with van der Waals surface area (Å²) in [4.78, 5) is 24.0. The maximum atomic E-state index is 12.6. The molecule has 31 heavy (non-hydrogen) atoms. The van der Waals surface area contributed by atoms with Crippen molar-refractivity contribution in [2.75, 3.05) is 19.0 Å². The molecule has 3 rings (SSSR count). The summed E-state index contributed by atoms with van der Waals surface area (Å²) in [5, 5.41) is 3.08. The Kier molecular flexibility index (Phi) is 7.16. The molecule has 0 spiro atoms. The summed E-state index contributed by atoms with van der Waals surface area (Å²) >= 11 is 0. The Morgan fingerprint density at radius 2 is 1.71 bits per heavy atom. The summed E-state index contributed by atoms with van der Waals surface area (Å²) in [6.07, 6.45) is -0.884. The highest BCUT2D eigenvalue weighted by Gasteiger charge is 2.28. The van der Waals surface area contributed by atoms with Crippen molar-refractivity contribution in [1.29, 1.82) is 0 Å². The molecule has 2 aromatic carbocycles.